The molecule has 0 aliphatic heterocycles. The van der Waals surface area contributed by atoms with Gasteiger partial charge in [-0.2, -0.15) is 0 Å². The zero-order chi connectivity index (χ0) is 8.32. The van der Waals surface area contributed by atoms with Crippen LogP contribution >= 0.6 is 0 Å². The summed E-state index contributed by atoms with van der Waals surface area (Å²) >= 11 is 0. The highest BCUT2D eigenvalue weighted by Crippen LogP contribution is 2.34. The van der Waals surface area contributed by atoms with Crippen molar-refractivity contribution in [1.82, 2.24) is 0 Å². The molecular weight excluding hydrogens is 140 g/mol. The first-order valence-electron chi connectivity index (χ1n) is 4.26. The molecule has 66 valence electrons. The van der Waals surface area contributed by atoms with Crippen LogP contribution in [-0.4, -0.2) is 25.3 Å². The second kappa shape index (κ2) is 3.52. The molecule has 1 aliphatic rings. The molecule has 0 radical (unpaired) electrons. The van der Waals surface area contributed by atoms with Gasteiger partial charge in [0.2, 0.25) is 0 Å². The molecule has 1 saturated carbocycles. The van der Waals surface area contributed by atoms with Crippen LogP contribution in [-0.2, 0) is 4.74 Å². The van der Waals surface area contributed by atoms with E-state index in [-0.39, 0.29) is 11.6 Å². The summed E-state index contributed by atoms with van der Waals surface area (Å²) in [6.07, 6.45) is 4.59. The molecule has 0 bridgehead atoms. The SMILES string of the molecule is COC1(C(N)CN)CCCC1. The van der Waals surface area contributed by atoms with Gasteiger partial charge in [0.15, 0.2) is 0 Å². The van der Waals surface area contributed by atoms with Crippen LogP contribution in [0.5, 0.6) is 0 Å². The average Bonchev–Trinajstić information content (AvgIpc) is 2.52. The molecule has 1 atom stereocenters. The van der Waals surface area contributed by atoms with E-state index in [1.165, 1.54) is 12.8 Å². The Balaban J connectivity index is 2.58. The molecule has 3 nitrogen and oxygen atoms in total. The van der Waals surface area contributed by atoms with Crippen molar-refractivity contribution in [3.63, 3.8) is 0 Å². The standard InChI is InChI=1S/C8H18N2O/c1-11-8(7(10)6-9)4-2-3-5-8/h7H,2-6,9-10H2,1H3. The molecule has 0 spiro atoms. The van der Waals surface area contributed by atoms with E-state index in [1.54, 1.807) is 7.11 Å². The van der Waals surface area contributed by atoms with E-state index in [0.29, 0.717) is 6.54 Å². The Bertz CT molecular complexity index is 121. The summed E-state index contributed by atoms with van der Waals surface area (Å²) in [7, 11) is 1.74. The molecule has 11 heavy (non-hydrogen) atoms. The smallest absolute Gasteiger partial charge is 0.0841 e. The number of hydrogen-bond acceptors (Lipinski definition) is 3. The number of ether oxygens (including phenoxy) is 1. The molecule has 1 rings (SSSR count). The molecule has 0 aromatic heterocycles. The topological polar surface area (TPSA) is 61.3 Å². The molecule has 0 amide bonds. The Hall–Kier alpha value is -0.120. The Kier molecular flexibility index (Phi) is 2.87. The van der Waals surface area contributed by atoms with Gasteiger partial charge in [-0.05, 0) is 12.8 Å². The van der Waals surface area contributed by atoms with Crippen LogP contribution in [0, 0.1) is 0 Å². The van der Waals surface area contributed by atoms with E-state index in [9.17, 15) is 0 Å². The van der Waals surface area contributed by atoms with Gasteiger partial charge in [0.1, 0.15) is 0 Å². The average molecular weight is 158 g/mol. The first kappa shape index (κ1) is 8.97. The van der Waals surface area contributed by atoms with E-state index >= 15 is 0 Å². The van der Waals surface area contributed by atoms with Gasteiger partial charge in [-0.3, -0.25) is 0 Å². The van der Waals surface area contributed by atoms with Gasteiger partial charge in [-0.15, -0.1) is 0 Å². The zero-order valence-electron chi connectivity index (χ0n) is 7.18. The summed E-state index contributed by atoms with van der Waals surface area (Å²) < 4.78 is 5.45. The molecule has 0 aromatic rings. The van der Waals surface area contributed by atoms with Crippen molar-refractivity contribution in [3.05, 3.63) is 0 Å². The fraction of sp³-hybridized carbons (Fsp3) is 1.00. The lowest BCUT2D eigenvalue weighted by atomic mass is 9.93. The minimum Gasteiger partial charge on any atom is -0.377 e. The maximum absolute atomic E-state index is 5.87. The molecule has 3 heteroatoms. The van der Waals surface area contributed by atoms with Crippen molar-refractivity contribution in [3.8, 4) is 0 Å². The van der Waals surface area contributed by atoms with Crippen molar-refractivity contribution >= 4 is 0 Å². The summed E-state index contributed by atoms with van der Waals surface area (Å²) in [4.78, 5) is 0. The summed E-state index contributed by atoms with van der Waals surface area (Å²) in [5, 5.41) is 0. The summed E-state index contributed by atoms with van der Waals surface area (Å²) in [6, 6.07) is 0.00926. The lowest BCUT2D eigenvalue weighted by molar-refractivity contribution is -0.0231. The van der Waals surface area contributed by atoms with Crippen LogP contribution in [0.1, 0.15) is 25.7 Å². The first-order chi connectivity index (χ1) is 5.25. The lowest BCUT2D eigenvalue weighted by Gasteiger charge is -2.32. The molecule has 0 heterocycles. The Labute approximate surface area is 68.1 Å². The van der Waals surface area contributed by atoms with Gasteiger partial charge in [0.25, 0.3) is 0 Å². The first-order valence-corrected chi connectivity index (χ1v) is 4.26. The van der Waals surface area contributed by atoms with Crippen LogP contribution in [0.15, 0.2) is 0 Å². The molecule has 0 aromatic carbocycles. The Morgan fingerprint density at radius 2 is 2.00 bits per heavy atom. The molecule has 1 unspecified atom stereocenters. The van der Waals surface area contributed by atoms with Gasteiger partial charge < -0.3 is 16.2 Å². The summed E-state index contributed by atoms with van der Waals surface area (Å²) in [5.41, 5.74) is 11.3. The Morgan fingerprint density at radius 3 is 2.36 bits per heavy atom. The second-order valence-corrected chi connectivity index (χ2v) is 3.32. The monoisotopic (exact) mass is 158 g/mol. The van der Waals surface area contributed by atoms with Crippen LogP contribution < -0.4 is 11.5 Å². The maximum atomic E-state index is 5.87. The van der Waals surface area contributed by atoms with Crippen LogP contribution in [0.4, 0.5) is 0 Å². The van der Waals surface area contributed by atoms with Crippen molar-refractivity contribution in [2.45, 2.75) is 37.3 Å². The fourth-order valence-corrected chi connectivity index (χ4v) is 1.91. The number of nitrogens with two attached hydrogens (primary N) is 2. The van der Waals surface area contributed by atoms with Gasteiger partial charge in [-0.25, -0.2) is 0 Å². The van der Waals surface area contributed by atoms with E-state index in [2.05, 4.69) is 0 Å². The highest BCUT2D eigenvalue weighted by molar-refractivity contribution is 4.95. The van der Waals surface area contributed by atoms with Crippen molar-refractivity contribution in [1.29, 1.82) is 0 Å². The fourth-order valence-electron chi connectivity index (χ4n) is 1.91. The minimum atomic E-state index is -0.102. The van der Waals surface area contributed by atoms with Crippen molar-refractivity contribution in [2.24, 2.45) is 11.5 Å². The quantitative estimate of drug-likeness (QED) is 0.618. The predicted molar refractivity (Wildman–Crippen MR) is 45.2 cm³/mol. The number of methoxy groups -OCH3 is 1. The van der Waals surface area contributed by atoms with Crippen molar-refractivity contribution in [2.75, 3.05) is 13.7 Å². The molecule has 1 aliphatic carbocycles. The summed E-state index contributed by atoms with van der Waals surface area (Å²) in [5.74, 6) is 0. The number of rotatable bonds is 3. The summed E-state index contributed by atoms with van der Waals surface area (Å²) in [6.45, 7) is 0.522. The molecule has 1 fully saturated rings. The highest BCUT2D eigenvalue weighted by atomic mass is 16.5. The van der Waals surface area contributed by atoms with Crippen LogP contribution in [0.2, 0.25) is 0 Å². The van der Waals surface area contributed by atoms with E-state index in [0.717, 1.165) is 12.8 Å². The zero-order valence-corrected chi connectivity index (χ0v) is 7.18. The third-order valence-electron chi connectivity index (χ3n) is 2.79. The predicted octanol–water partition coefficient (Wildman–Crippen LogP) is 0.232. The molecule has 4 N–H and O–H groups in total. The maximum Gasteiger partial charge on any atom is 0.0841 e. The van der Waals surface area contributed by atoms with Crippen molar-refractivity contribution < 1.29 is 4.74 Å². The van der Waals surface area contributed by atoms with Gasteiger partial charge >= 0.3 is 0 Å². The second-order valence-electron chi connectivity index (χ2n) is 3.32. The molecule has 0 saturated heterocycles. The van der Waals surface area contributed by atoms with Gasteiger partial charge in [0.05, 0.1) is 5.60 Å². The lowest BCUT2D eigenvalue weighted by Crippen LogP contribution is -2.51. The van der Waals surface area contributed by atoms with Gasteiger partial charge in [0, 0.05) is 19.7 Å². The van der Waals surface area contributed by atoms with Crippen LogP contribution in [0.3, 0.4) is 0 Å². The van der Waals surface area contributed by atoms with E-state index in [1.807, 2.05) is 0 Å². The largest absolute Gasteiger partial charge is 0.377 e. The van der Waals surface area contributed by atoms with Crippen LogP contribution in [0.25, 0.3) is 0 Å². The van der Waals surface area contributed by atoms with E-state index in [4.69, 9.17) is 16.2 Å². The minimum absolute atomic E-state index is 0.00926. The van der Waals surface area contributed by atoms with E-state index < -0.39 is 0 Å². The third kappa shape index (κ3) is 1.55. The highest BCUT2D eigenvalue weighted by Gasteiger charge is 2.38. The van der Waals surface area contributed by atoms with Gasteiger partial charge in [-0.1, -0.05) is 12.8 Å². The number of hydrogen-bond donors (Lipinski definition) is 2. The molecular formula is C8H18N2O. The third-order valence-corrected chi connectivity index (χ3v) is 2.79. The normalized spacial score (nSPS) is 25.4. The Morgan fingerprint density at radius 1 is 1.45 bits per heavy atom.